The number of amides is 1. The fraction of sp³-hybridized carbons (Fsp3) is 0.385. The summed E-state index contributed by atoms with van der Waals surface area (Å²) in [4.78, 5) is 31.5. The first-order valence-electron chi connectivity index (χ1n) is 6.23. The lowest BCUT2D eigenvalue weighted by atomic mass is 10.0. The Bertz CT molecular complexity index is 557. The molecule has 0 saturated carbocycles. The first kappa shape index (κ1) is 20.5. The quantitative estimate of drug-likeness (QED) is 0.305. The summed E-state index contributed by atoms with van der Waals surface area (Å²) in [6.45, 7) is 4.26. The molecule has 0 aliphatic heterocycles. The van der Waals surface area contributed by atoms with Crippen LogP contribution in [0.1, 0.15) is 20.8 Å². The molecule has 0 fully saturated rings. The van der Waals surface area contributed by atoms with Crippen molar-refractivity contribution >= 4 is 23.8 Å². The summed E-state index contributed by atoms with van der Waals surface area (Å²) < 4.78 is 1.60. The van der Waals surface area contributed by atoms with E-state index in [1.54, 1.807) is 0 Å². The molecule has 10 heteroatoms. The number of aliphatic carboxylic acids is 1. The van der Waals surface area contributed by atoms with Crippen LogP contribution in [0, 0.1) is 4.91 Å². The zero-order chi connectivity index (χ0) is 18.2. The summed E-state index contributed by atoms with van der Waals surface area (Å²) in [5.74, 6) is -2.75. The van der Waals surface area contributed by atoms with E-state index in [0.717, 1.165) is 0 Å². The van der Waals surface area contributed by atoms with E-state index in [4.69, 9.17) is 20.4 Å². The highest BCUT2D eigenvalue weighted by atomic mass is 32.2. The molecule has 0 heterocycles. The number of hydrogen-bond donors (Lipinski definition) is 5. The topological polar surface area (TPSA) is 157 Å². The molecule has 23 heavy (non-hydrogen) atoms. The van der Waals surface area contributed by atoms with Crippen molar-refractivity contribution in [3.05, 3.63) is 23.1 Å². The smallest absolute Gasteiger partial charge is 0.327 e. The van der Waals surface area contributed by atoms with Crippen LogP contribution in [0.3, 0.4) is 0 Å². The van der Waals surface area contributed by atoms with E-state index in [-0.39, 0.29) is 11.5 Å². The lowest BCUT2D eigenvalue weighted by Crippen LogP contribution is -2.51. The average Bonchev–Trinajstić information content (AvgIpc) is 2.42. The van der Waals surface area contributed by atoms with Gasteiger partial charge in [0.25, 0.3) is 0 Å². The molecule has 1 atom stereocenters. The van der Waals surface area contributed by atoms with Crippen LogP contribution in [0.25, 0.3) is 0 Å². The molecular formula is C13H18N2O7S. The number of aromatic hydroxyl groups is 3. The molecule has 5 N–H and O–H groups in total. The summed E-state index contributed by atoms with van der Waals surface area (Å²) >= 11 is 0.586. The van der Waals surface area contributed by atoms with Gasteiger partial charge in [-0.2, -0.15) is 0 Å². The third kappa shape index (κ3) is 6.87. The summed E-state index contributed by atoms with van der Waals surface area (Å²) in [6, 6.07) is 2.87. The molecule has 1 amide bonds. The Hall–Kier alpha value is -2.49. The Morgan fingerprint density at radius 2 is 1.70 bits per heavy atom. The van der Waals surface area contributed by atoms with E-state index in [1.165, 1.54) is 39.0 Å². The van der Waals surface area contributed by atoms with Crippen LogP contribution < -0.4 is 5.32 Å². The van der Waals surface area contributed by atoms with Gasteiger partial charge in [-0.05, 0) is 26.0 Å². The Balaban J connectivity index is 0.000000459. The summed E-state index contributed by atoms with van der Waals surface area (Å²) in [6.07, 6.45) is 0. The Morgan fingerprint density at radius 1 is 1.22 bits per heavy atom. The number of rotatable bonds is 5. The number of para-hydroxylation sites is 1. The van der Waals surface area contributed by atoms with Crippen molar-refractivity contribution in [3.8, 4) is 17.2 Å². The Morgan fingerprint density at radius 3 is 2.00 bits per heavy atom. The summed E-state index contributed by atoms with van der Waals surface area (Å²) in [7, 11) is 0. The highest BCUT2D eigenvalue weighted by Crippen LogP contribution is 2.32. The van der Waals surface area contributed by atoms with Gasteiger partial charge in [-0.15, -0.1) is 4.91 Å². The number of carbonyl (C=O) groups excluding carboxylic acids is 1. The number of phenolic OH excluding ortho intramolecular Hbond substituents is 3. The molecule has 0 aliphatic rings. The zero-order valence-corrected chi connectivity index (χ0v) is 13.5. The number of phenols is 3. The molecule has 0 bridgehead atoms. The minimum Gasteiger partial charge on any atom is -0.504 e. The van der Waals surface area contributed by atoms with Gasteiger partial charge in [0.2, 0.25) is 5.91 Å². The molecule has 0 spiro atoms. The Kier molecular flexibility index (Phi) is 7.88. The van der Waals surface area contributed by atoms with Crippen LogP contribution in [0.5, 0.6) is 17.2 Å². The van der Waals surface area contributed by atoms with Crippen molar-refractivity contribution in [1.29, 1.82) is 0 Å². The average molecular weight is 346 g/mol. The van der Waals surface area contributed by atoms with Gasteiger partial charge in [-0.1, -0.05) is 6.07 Å². The third-order valence-electron chi connectivity index (χ3n) is 2.56. The molecule has 0 saturated heterocycles. The number of benzene rings is 1. The largest absolute Gasteiger partial charge is 0.504 e. The van der Waals surface area contributed by atoms with E-state index in [2.05, 4.69) is 9.90 Å². The van der Waals surface area contributed by atoms with E-state index in [0.29, 0.717) is 11.9 Å². The maximum absolute atomic E-state index is 10.8. The number of nitroso groups, excluding NO2 is 1. The lowest BCUT2D eigenvalue weighted by Gasteiger charge is -2.27. The zero-order valence-electron chi connectivity index (χ0n) is 12.7. The van der Waals surface area contributed by atoms with Crippen LogP contribution in [0.2, 0.25) is 0 Å². The molecule has 1 rings (SSSR count). The monoisotopic (exact) mass is 346 g/mol. The van der Waals surface area contributed by atoms with Crippen LogP contribution >= 0.6 is 11.9 Å². The number of nitrogens with zero attached hydrogens (tertiary/aromatic N) is 1. The number of carboxylic acid groups (broad SMARTS) is 1. The third-order valence-corrected chi connectivity index (χ3v) is 3.34. The second-order valence-electron chi connectivity index (χ2n) is 4.89. The second kappa shape index (κ2) is 8.83. The van der Waals surface area contributed by atoms with Gasteiger partial charge in [0, 0.05) is 23.5 Å². The first-order valence-corrected chi connectivity index (χ1v) is 7.01. The lowest BCUT2D eigenvalue weighted by molar-refractivity contribution is -0.142. The fourth-order valence-electron chi connectivity index (χ4n) is 1.40. The van der Waals surface area contributed by atoms with Gasteiger partial charge in [0.05, 0.1) is 4.75 Å². The summed E-state index contributed by atoms with van der Waals surface area (Å²) in [5, 5.41) is 37.1. The molecule has 1 aromatic carbocycles. The first-order chi connectivity index (χ1) is 10.5. The second-order valence-corrected chi connectivity index (χ2v) is 6.27. The van der Waals surface area contributed by atoms with Crippen molar-refractivity contribution in [2.75, 3.05) is 0 Å². The minimum atomic E-state index is -1.19. The number of carbonyl (C=O) groups is 2. The van der Waals surface area contributed by atoms with Gasteiger partial charge in [0.15, 0.2) is 17.2 Å². The SMILES string of the molecule is CC(=O)N[C@H](C(=O)O)C(C)(C)SN=O.Oc1cccc(O)c1O. The van der Waals surface area contributed by atoms with Gasteiger partial charge >= 0.3 is 5.97 Å². The van der Waals surface area contributed by atoms with E-state index < -0.39 is 28.4 Å². The highest BCUT2D eigenvalue weighted by Gasteiger charge is 2.37. The van der Waals surface area contributed by atoms with Gasteiger partial charge < -0.3 is 25.7 Å². The molecule has 9 nitrogen and oxygen atoms in total. The predicted octanol–water partition coefficient (Wildman–Crippen LogP) is 1.57. The normalized spacial score (nSPS) is 11.6. The van der Waals surface area contributed by atoms with Crippen LogP contribution in [-0.2, 0) is 9.59 Å². The van der Waals surface area contributed by atoms with Crippen LogP contribution in [0.15, 0.2) is 22.8 Å². The van der Waals surface area contributed by atoms with Crippen LogP contribution in [0.4, 0.5) is 0 Å². The maximum atomic E-state index is 10.8. The molecular weight excluding hydrogens is 328 g/mol. The van der Waals surface area contributed by atoms with Crippen molar-refractivity contribution in [2.24, 2.45) is 4.58 Å². The molecule has 1 aromatic rings. The maximum Gasteiger partial charge on any atom is 0.327 e. The predicted molar refractivity (Wildman–Crippen MR) is 84.1 cm³/mol. The van der Waals surface area contributed by atoms with Gasteiger partial charge in [-0.3, -0.25) is 4.79 Å². The van der Waals surface area contributed by atoms with E-state index in [1.807, 2.05) is 0 Å². The highest BCUT2D eigenvalue weighted by molar-refractivity contribution is 7.99. The van der Waals surface area contributed by atoms with Gasteiger partial charge in [-0.25, -0.2) is 4.79 Å². The van der Waals surface area contributed by atoms with E-state index >= 15 is 0 Å². The summed E-state index contributed by atoms with van der Waals surface area (Å²) in [5.41, 5.74) is 0. The minimum absolute atomic E-state index is 0.310. The van der Waals surface area contributed by atoms with Crippen LogP contribution in [-0.4, -0.2) is 43.1 Å². The van der Waals surface area contributed by atoms with Crippen molar-refractivity contribution in [2.45, 2.75) is 31.6 Å². The molecule has 128 valence electrons. The van der Waals surface area contributed by atoms with Crippen molar-refractivity contribution in [3.63, 3.8) is 0 Å². The van der Waals surface area contributed by atoms with Gasteiger partial charge in [0.1, 0.15) is 6.04 Å². The number of hydrogen-bond acceptors (Lipinski definition) is 8. The van der Waals surface area contributed by atoms with Crippen molar-refractivity contribution in [1.82, 2.24) is 5.32 Å². The molecule has 0 aromatic heterocycles. The standard InChI is InChI=1S/C7H12N2O4S.C6H6O3/c1-4(10)8-5(6(11)12)7(2,3)14-9-13;7-4-2-1-3-5(8)6(4)9/h5H,1-3H3,(H,8,10)(H,11,12);1-3,7-9H/t5-;/m1./s1. The van der Waals surface area contributed by atoms with Crippen molar-refractivity contribution < 1.29 is 30.0 Å². The Labute approximate surface area is 136 Å². The molecule has 0 aliphatic carbocycles. The molecule has 0 radical (unpaired) electrons. The van der Waals surface area contributed by atoms with E-state index in [9.17, 15) is 14.5 Å². The molecule has 0 unspecified atom stereocenters. The number of carboxylic acids is 1. The number of nitrogens with one attached hydrogen (secondary N) is 1. The fourth-order valence-corrected chi connectivity index (χ4v) is 1.86.